The lowest BCUT2D eigenvalue weighted by atomic mass is 9.86. The molecule has 0 aliphatic carbocycles. The predicted octanol–water partition coefficient (Wildman–Crippen LogP) is 8.01. The molecule has 0 bridgehead atoms. The smallest absolute Gasteiger partial charge is 0.146 e. The summed E-state index contributed by atoms with van der Waals surface area (Å²) in [6, 6.07) is 9.70. The molecule has 0 unspecified atom stereocenters. The Labute approximate surface area is 188 Å². The average molecular weight is 441 g/mol. The van der Waals surface area contributed by atoms with Gasteiger partial charge >= 0.3 is 0 Å². The van der Waals surface area contributed by atoms with Gasteiger partial charge in [0.05, 0.1) is 11.4 Å². The van der Waals surface area contributed by atoms with Crippen LogP contribution in [0.3, 0.4) is 0 Å². The molecule has 0 aliphatic heterocycles. The van der Waals surface area contributed by atoms with Crippen molar-refractivity contribution in [2.24, 2.45) is 0 Å². The molecular formula is C27H31F3N2. The van der Waals surface area contributed by atoms with Gasteiger partial charge < -0.3 is 10.6 Å². The molecule has 0 spiro atoms. The molecule has 3 aromatic carbocycles. The minimum absolute atomic E-state index is 0.367. The summed E-state index contributed by atoms with van der Waals surface area (Å²) >= 11 is 0. The zero-order valence-electron chi connectivity index (χ0n) is 19.4. The Hall–Kier alpha value is -2.95. The highest BCUT2D eigenvalue weighted by Gasteiger charge is 2.21. The van der Waals surface area contributed by atoms with E-state index in [0.717, 1.165) is 18.4 Å². The van der Waals surface area contributed by atoms with Gasteiger partial charge in [-0.25, -0.2) is 13.2 Å². The standard InChI is InChI=1S/C27H31F3N2/c1-6-12-31-23-10-8-19(14-21(23)28)25-16(3)17(4)26(27(30)18(25)5)20-9-11-24(22(29)15-20)32-13-7-2/h8-11,14-15,31-32H,6-7,12-13H2,1-5H3. The van der Waals surface area contributed by atoms with Crippen molar-refractivity contribution in [2.45, 2.75) is 47.5 Å². The van der Waals surface area contributed by atoms with E-state index >= 15 is 4.39 Å². The molecule has 0 radical (unpaired) electrons. The molecule has 170 valence electrons. The van der Waals surface area contributed by atoms with Gasteiger partial charge in [-0.3, -0.25) is 0 Å². The van der Waals surface area contributed by atoms with Crippen molar-refractivity contribution in [2.75, 3.05) is 23.7 Å². The van der Waals surface area contributed by atoms with E-state index in [-0.39, 0.29) is 5.82 Å². The SMILES string of the molecule is CCCNc1ccc(-c2c(C)c(C)c(-c3ccc(NCCC)c(F)c3)c(F)c2C)cc1F. The van der Waals surface area contributed by atoms with E-state index in [1.54, 1.807) is 25.1 Å². The third-order valence-corrected chi connectivity index (χ3v) is 5.88. The lowest BCUT2D eigenvalue weighted by molar-refractivity contribution is 0.618. The van der Waals surface area contributed by atoms with E-state index in [0.29, 0.717) is 57.8 Å². The monoisotopic (exact) mass is 440 g/mol. The fourth-order valence-corrected chi connectivity index (χ4v) is 4.04. The van der Waals surface area contributed by atoms with Crippen molar-refractivity contribution in [3.05, 3.63) is 70.5 Å². The molecule has 0 aliphatic rings. The van der Waals surface area contributed by atoms with Crippen molar-refractivity contribution >= 4 is 11.4 Å². The van der Waals surface area contributed by atoms with Crippen LogP contribution in [-0.4, -0.2) is 13.1 Å². The second kappa shape index (κ2) is 10.1. The zero-order chi connectivity index (χ0) is 23.4. The van der Waals surface area contributed by atoms with Gasteiger partial charge in [0.2, 0.25) is 0 Å². The van der Waals surface area contributed by atoms with Gasteiger partial charge in [0.15, 0.2) is 0 Å². The topological polar surface area (TPSA) is 24.1 Å². The van der Waals surface area contributed by atoms with E-state index in [4.69, 9.17) is 0 Å². The first-order valence-corrected chi connectivity index (χ1v) is 11.2. The molecule has 0 aromatic heterocycles. The molecule has 5 heteroatoms. The Morgan fingerprint density at radius 3 is 1.50 bits per heavy atom. The number of anilines is 2. The number of hydrogen-bond acceptors (Lipinski definition) is 2. The van der Waals surface area contributed by atoms with E-state index in [1.165, 1.54) is 12.1 Å². The molecule has 0 saturated carbocycles. The van der Waals surface area contributed by atoms with Crippen LogP contribution in [0, 0.1) is 38.2 Å². The predicted molar refractivity (Wildman–Crippen MR) is 129 cm³/mol. The van der Waals surface area contributed by atoms with Crippen LogP contribution in [-0.2, 0) is 0 Å². The Morgan fingerprint density at radius 2 is 1.06 bits per heavy atom. The lowest BCUT2D eigenvalue weighted by Gasteiger charge is -2.20. The van der Waals surface area contributed by atoms with Crippen molar-refractivity contribution in [1.82, 2.24) is 0 Å². The highest BCUT2D eigenvalue weighted by atomic mass is 19.1. The third-order valence-electron chi connectivity index (χ3n) is 5.88. The van der Waals surface area contributed by atoms with E-state index < -0.39 is 11.6 Å². The van der Waals surface area contributed by atoms with Gasteiger partial charge in [-0.1, -0.05) is 26.0 Å². The van der Waals surface area contributed by atoms with Gasteiger partial charge in [0.25, 0.3) is 0 Å². The maximum Gasteiger partial charge on any atom is 0.146 e. The van der Waals surface area contributed by atoms with Crippen LogP contribution in [0.2, 0.25) is 0 Å². The van der Waals surface area contributed by atoms with Crippen LogP contribution in [0.25, 0.3) is 22.3 Å². The van der Waals surface area contributed by atoms with E-state index in [2.05, 4.69) is 10.6 Å². The van der Waals surface area contributed by atoms with Crippen molar-refractivity contribution < 1.29 is 13.2 Å². The quantitative estimate of drug-likeness (QED) is 0.371. The summed E-state index contributed by atoms with van der Waals surface area (Å²) in [5, 5.41) is 6.09. The normalized spacial score (nSPS) is 11.0. The Balaban J connectivity index is 2.07. The number of halogens is 3. The minimum atomic E-state index is -0.412. The van der Waals surface area contributed by atoms with Gasteiger partial charge in [-0.15, -0.1) is 0 Å². The lowest BCUT2D eigenvalue weighted by Crippen LogP contribution is -2.04. The van der Waals surface area contributed by atoms with Crippen molar-refractivity contribution in [1.29, 1.82) is 0 Å². The zero-order valence-corrected chi connectivity index (χ0v) is 19.4. The fourth-order valence-electron chi connectivity index (χ4n) is 4.04. The largest absolute Gasteiger partial charge is 0.383 e. The first-order chi connectivity index (χ1) is 15.3. The Kier molecular flexibility index (Phi) is 7.49. The first kappa shape index (κ1) is 23.7. The molecule has 2 N–H and O–H groups in total. The summed E-state index contributed by atoms with van der Waals surface area (Å²) in [7, 11) is 0. The second-order valence-corrected chi connectivity index (χ2v) is 8.18. The highest BCUT2D eigenvalue weighted by Crippen LogP contribution is 2.39. The maximum atomic E-state index is 15.6. The Bertz CT molecular complexity index is 1000. The second-order valence-electron chi connectivity index (χ2n) is 8.18. The number of benzene rings is 3. The summed E-state index contributed by atoms with van der Waals surface area (Å²) in [4.78, 5) is 0. The summed E-state index contributed by atoms with van der Waals surface area (Å²) in [6.45, 7) is 10.8. The summed E-state index contributed by atoms with van der Waals surface area (Å²) in [5.74, 6) is -1.19. The molecule has 0 atom stereocenters. The number of rotatable bonds is 8. The first-order valence-electron chi connectivity index (χ1n) is 11.2. The third kappa shape index (κ3) is 4.62. The van der Waals surface area contributed by atoms with Crippen LogP contribution in [0.4, 0.5) is 24.5 Å². The molecule has 0 fully saturated rings. The van der Waals surface area contributed by atoms with Gasteiger partial charge in [0, 0.05) is 18.7 Å². The van der Waals surface area contributed by atoms with Crippen molar-refractivity contribution in [3.8, 4) is 22.3 Å². The number of nitrogens with one attached hydrogen (secondary N) is 2. The molecular weight excluding hydrogens is 409 g/mol. The molecule has 32 heavy (non-hydrogen) atoms. The van der Waals surface area contributed by atoms with E-state index in [1.807, 2.05) is 33.8 Å². The van der Waals surface area contributed by atoms with Gasteiger partial charge in [-0.2, -0.15) is 0 Å². The summed E-state index contributed by atoms with van der Waals surface area (Å²) in [6.07, 6.45) is 1.77. The van der Waals surface area contributed by atoms with Crippen LogP contribution in [0.5, 0.6) is 0 Å². The minimum Gasteiger partial charge on any atom is -0.383 e. The van der Waals surface area contributed by atoms with Crippen molar-refractivity contribution in [3.63, 3.8) is 0 Å². The maximum absolute atomic E-state index is 15.6. The molecule has 0 saturated heterocycles. The molecule has 2 nitrogen and oxygen atoms in total. The highest BCUT2D eigenvalue weighted by molar-refractivity contribution is 5.81. The number of hydrogen-bond donors (Lipinski definition) is 2. The van der Waals surface area contributed by atoms with E-state index in [9.17, 15) is 8.78 Å². The molecule has 3 rings (SSSR count). The van der Waals surface area contributed by atoms with Gasteiger partial charge in [-0.05, 0) is 91.3 Å². The van der Waals surface area contributed by atoms with Crippen LogP contribution < -0.4 is 10.6 Å². The van der Waals surface area contributed by atoms with Crippen LogP contribution in [0.1, 0.15) is 43.4 Å². The molecule has 0 amide bonds. The Morgan fingerprint density at radius 1 is 0.625 bits per heavy atom. The average Bonchev–Trinajstić information content (AvgIpc) is 2.77. The fraction of sp³-hybridized carbons (Fsp3) is 0.333. The summed E-state index contributed by atoms with van der Waals surface area (Å²) in [5.41, 5.74) is 4.99. The molecule has 3 aromatic rings. The van der Waals surface area contributed by atoms with Crippen LogP contribution in [0.15, 0.2) is 36.4 Å². The van der Waals surface area contributed by atoms with Gasteiger partial charge in [0.1, 0.15) is 17.5 Å². The molecule has 0 heterocycles. The summed E-state index contributed by atoms with van der Waals surface area (Å²) < 4.78 is 44.9. The van der Waals surface area contributed by atoms with Crippen LogP contribution >= 0.6 is 0 Å².